The molecule has 1 nitrogen and oxygen atoms in total. The number of hydrogen-bond donors (Lipinski definition) is 1. The molecule has 14 heavy (non-hydrogen) atoms. The molecule has 0 spiro atoms. The quantitative estimate of drug-likeness (QED) is 0.591. The van der Waals surface area contributed by atoms with E-state index >= 15 is 0 Å². The zero-order chi connectivity index (χ0) is 9.80. The summed E-state index contributed by atoms with van der Waals surface area (Å²) in [7, 11) is 0. The van der Waals surface area contributed by atoms with E-state index in [1.807, 2.05) is 23.1 Å². The second-order valence-electron chi connectivity index (χ2n) is 3.86. The van der Waals surface area contributed by atoms with E-state index in [2.05, 4.69) is 29.8 Å². The van der Waals surface area contributed by atoms with Gasteiger partial charge in [0.15, 0.2) is 0 Å². The van der Waals surface area contributed by atoms with Gasteiger partial charge < -0.3 is 5.32 Å². The van der Waals surface area contributed by atoms with Crippen molar-refractivity contribution in [1.82, 2.24) is 5.32 Å². The van der Waals surface area contributed by atoms with E-state index in [9.17, 15) is 0 Å². The molecule has 1 aliphatic rings. The average Bonchev–Trinajstić information content (AvgIpc) is 2.92. The minimum Gasteiger partial charge on any atom is -0.313 e. The third kappa shape index (κ3) is 3.30. The Labute approximate surface area is 94.3 Å². The predicted octanol–water partition coefficient (Wildman–Crippen LogP) is 3.23. The van der Waals surface area contributed by atoms with Gasteiger partial charge in [0.25, 0.3) is 0 Å². The molecule has 1 atom stereocenters. The molecule has 0 aliphatic heterocycles. The molecule has 0 bridgehead atoms. The largest absolute Gasteiger partial charge is 0.313 e. The van der Waals surface area contributed by atoms with Crippen LogP contribution in [0.1, 0.15) is 19.8 Å². The monoisotopic (exact) mass is 227 g/mol. The van der Waals surface area contributed by atoms with Crippen LogP contribution < -0.4 is 5.32 Å². The van der Waals surface area contributed by atoms with Crippen molar-refractivity contribution < 1.29 is 0 Å². The average molecular weight is 227 g/mol. The maximum absolute atomic E-state index is 3.59. The summed E-state index contributed by atoms with van der Waals surface area (Å²) in [6.45, 7) is 3.45. The highest BCUT2D eigenvalue weighted by atomic mass is 32.2. The van der Waals surface area contributed by atoms with Crippen molar-refractivity contribution in [2.75, 3.05) is 12.3 Å². The fourth-order valence-corrected chi connectivity index (χ4v) is 3.28. The van der Waals surface area contributed by atoms with Crippen LogP contribution in [0.2, 0.25) is 0 Å². The summed E-state index contributed by atoms with van der Waals surface area (Å²) in [5.74, 6) is 2.17. The summed E-state index contributed by atoms with van der Waals surface area (Å²) in [6.07, 6.45) is 2.87. The number of thioether (sulfide) groups is 1. The maximum Gasteiger partial charge on any atom is 0.0598 e. The Balaban J connectivity index is 1.54. The SMILES string of the molecule is CC(NCCSc1cccs1)C1CC1. The van der Waals surface area contributed by atoms with Crippen molar-refractivity contribution in [3.05, 3.63) is 17.5 Å². The lowest BCUT2D eigenvalue weighted by Gasteiger charge is -2.11. The van der Waals surface area contributed by atoms with E-state index in [0.717, 1.165) is 18.5 Å². The van der Waals surface area contributed by atoms with E-state index in [4.69, 9.17) is 0 Å². The van der Waals surface area contributed by atoms with Crippen molar-refractivity contribution in [2.45, 2.75) is 30.0 Å². The molecule has 78 valence electrons. The standard InChI is InChI=1S/C11H17NS2/c1-9(10-4-5-10)12-6-8-14-11-3-2-7-13-11/h2-3,7,9-10,12H,4-6,8H2,1H3. The van der Waals surface area contributed by atoms with Crippen LogP contribution in [0.25, 0.3) is 0 Å². The first-order chi connectivity index (χ1) is 6.86. The van der Waals surface area contributed by atoms with Crippen molar-refractivity contribution in [1.29, 1.82) is 0 Å². The molecule has 1 unspecified atom stereocenters. The summed E-state index contributed by atoms with van der Waals surface area (Å²) in [5.41, 5.74) is 0. The summed E-state index contributed by atoms with van der Waals surface area (Å²) < 4.78 is 1.44. The van der Waals surface area contributed by atoms with Gasteiger partial charge in [0.2, 0.25) is 0 Å². The lowest BCUT2D eigenvalue weighted by Crippen LogP contribution is -2.29. The first-order valence-corrected chi connectivity index (χ1v) is 7.12. The van der Waals surface area contributed by atoms with Crippen LogP contribution in [-0.4, -0.2) is 18.3 Å². The molecule has 0 radical (unpaired) electrons. The Bertz CT molecular complexity index is 254. The molecular formula is C11H17NS2. The molecule has 0 amide bonds. The van der Waals surface area contributed by atoms with Gasteiger partial charge in [-0.05, 0) is 37.1 Å². The Kier molecular flexibility index (Phi) is 3.90. The van der Waals surface area contributed by atoms with Crippen molar-refractivity contribution in [3.8, 4) is 0 Å². The van der Waals surface area contributed by atoms with Gasteiger partial charge in [-0.1, -0.05) is 6.07 Å². The molecule has 1 aromatic heterocycles. The van der Waals surface area contributed by atoms with E-state index < -0.39 is 0 Å². The number of nitrogens with one attached hydrogen (secondary N) is 1. The molecule has 1 N–H and O–H groups in total. The topological polar surface area (TPSA) is 12.0 Å². The van der Waals surface area contributed by atoms with Crippen LogP contribution in [0.5, 0.6) is 0 Å². The number of thiophene rings is 1. The van der Waals surface area contributed by atoms with Crippen molar-refractivity contribution >= 4 is 23.1 Å². The normalized spacial score (nSPS) is 18.4. The molecule has 1 fully saturated rings. The van der Waals surface area contributed by atoms with Crippen molar-refractivity contribution in [2.24, 2.45) is 5.92 Å². The van der Waals surface area contributed by atoms with Gasteiger partial charge in [-0.25, -0.2) is 0 Å². The Hall–Kier alpha value is 0.01000. The minimum atomic E-state index is 0.735. The van der Waals surface area contributed by atoms with Crippen LogP contribution in [0.4, 0.5) is 0 Å². The Morgan fingerprint density at radius 1 is 1.64 bits per heavy atom. The van der Waals surface area contributed by atoms with Crippen LogP contribution in [-0.2, 0) is 0 Å². The highest BCUT2D eigenvalue weighted by molar-refractivity contribution is 8.01. The molecular weight excluding hydrogens is 210 g/mol. The molecule has 1 heterocycles. The lowest BCUT2D eigenvalue weighted by atomic mass is 10.2. The zero-order valence-electron chi connectivity index (χ0n) is 8.53. The van der Waals surface area contributed by atoms with Gasteiger partial charge in [-0.15, -0.1) is 23.1 Å². The van der Waals surface area contributed by atoms with Crippen LogP contribution in [0, 0.1) is 5.92 Å². The van der Waals surface area contributed by atoms with E-state index in [1.54, 1.807) is 0 Å². The fourth-order valence-electron chi connectivity index (χ4n) is 1.55. The highest BCUT2D eigenvalue weighted by Gasteiger charge is 2.26. The Morgan fingerprint density at radius 2 is 2.50 bits per heavy atom. The summed E-state index contributed by atoms with van der Waals surface area (Å²) in [5, 5.41) is 5.73. The summed E-state index contributed by atoms with van der Waals surface area (Å²) in [6, 6.07) is 5.05. The third-order valence-corrected chi connectivity index (χ3v) is 4.77. The fraction of sp³-hybridized carbons (Fsp3) is 0.636. The van der Waals surface area contributed by atoms with Gasteiger partial charge in [-0.3, -0.25) is 0 Å². The smallest absolute Gasteiger partial charge is 0.0598 e. The third-order valence-electron chi connectivity index (χ3n) is 2.64. The van der Waals surface area contributed by atoms with Gasteiger partial charge in [0.1, 0.15) is 0 Å². The molecule has 1 aromatic rings. The first kappa shape index (κ1) is 10.5. The van der Waals surface area contributed by atoms with E-state index in [0.29, 0.717) is 0 Å². The molecule has 2 rings (SSSR count). The molecule has 0 saturated heterocycles. The first-order valence-electron chi connectivity index (χ1n) is 5.26. The van der Waals surface area contributed by atoms with Crippen LogP contribution in [0.3, 0.4) is 0 Å². The van der Waals surface area contributed by atoms with Crippen LogP contribution >= 0.6 is 23.1 Å². The van der Waals surface area contributed by atoms with Gasteiger partial charge in [-0.2, -0.15) is 0 Å². The van der Waals surface area contributed by atoms with Gasteiger partial charge >= 0.3 is 0 Å². The highest BCUT2D eigenvalue weighted by Crippen LogP contribution is 2.32. The zero-order valence-corrected chi connectivity index (χ0v) is 10.2. The Morgan fingerprint density at radius 3 is 3.14 bits per heavy atom. The summed E-state index contributed by atoms with van der Waals surface area (Å²) in [4.78, 5) is 0. The molecule has 0 aromatic carbocycles. The molecule has 3 heteroatoms. The number of rotatable bonds is 6. The summed E-state index contributed by atoms with van der Waals surface area (Å²) >= 11 is 3.79. The molecule has 1 aliphatic carbocycles. The van der Waals surface area contributed by atoms with E-state index in [1.165, 1.54) is 22.8 Å². The number of hydrogen-bond acceptors (Lipinski definition) is 3. The molecule has 1 saturated carbocycles. The van der Waals surface area contributed by atoms with E-state index in [-0.39, 0.29) is 0 Å². The maximum atomic E-state index is 3.59. The van der Waals surface area contributed by atoms with Gasteiger partial charge in [0.05, 0.1) is 4.21 Å². The predicted molar refractivity (Wildman–Crippen MR) is 65.2 cm³/mol. The second-order valence-corrected chi connectivity index (χ2v) is 6.20. The second kappa shape index (κ2) is 5.19. The lowest BCUT2D eigenvalue weighted by molar-refractivity contribution is 0.514. The minimum absolute atomic E-state index is 0.735. The van der Waals surface area contributed by atoms with Crippen molar-refractivity contribution in [3.63, 3.8) is 0 Å². The van der Waals surface area contributed by atoms with Gasteiger partial charge in [0, 0.05) is 18.3 Å². The van der Waals surface area contributed by atoms with Crippen LogP contribution in [0.15, 0.2) is 21.7 Å².